The van der Waals surface area contributed by atoms with E-state index in [9.17, 15) is 0 Å². The highest BCUT2D eigenvalue weighted by atomic mass is 16.5. The average Bonchev–Trinajstić information content (AvgIpc) is 2.95. The Morgan fingerprint density at radius 3 is 2.77 bits per heavy atom. The molecule has 0 fully saturated rings. The van der Waals surface area contributed by atoms with Crippen LogP contribution in [0.3, 0.4) is 0 Å². The lowest BCUT2D eigenvalue weighted by Crippen LogP contribution is -2.06. The third-order valence-electron chi connectivity index (χ3n) is 4.69. The summed E-state index contributed by atoms with van der Waals surface area (Å²) in [4.78, 5) is 8.94. The Labute approximate surface area is 150 Å². The summed E-state index contributed by atoms with van der Waals surface area (Å²) >= 11 is 0. The minimum atomic E-state index is 0.679. The Balaban J connectivity index is 1.76. The molecule has 1 aromatic carbocycles. The number of aromatic nitrogens is 5. The summed E-state index contributed by atoms with van der Waals surface area (Å²) in [7, 11) is 0. The van der Waals surface area contributed by atoms with Gasteiger partial charge in [0.1, 0.15) is 5.82 Å². The third kappa shape index (κ3) is 2.55. The van der Waals surface area contributed by atoms with Crippen LogP contribution < -0.4 is 0 Å². The summed E-state index contributed by atoms with van der Waals surface area (Å²) in [6.07, 6.45) is 4.35. The van der Waals surface area contributed by atoms with E-state index in [2.05, 4.69) is 31.9 Å². The Morgan fingerprint density at radius 2 is 1.85 bits per heavy atom. The molecule has 128 valence electrons. The molecule has 0 amide bonds. The van der Waals surface area contributed by atoms with Gasteiger partial charge < -0.3 is 9.30 Å². The summed E-state index contributed by atoms with van der Waals surface area (Å²) in [6, 6.07) is 14.2. The molecule has 26 heavy (non-hydrogen) atoms. The van der Waals surface area contributed by atoms with Crippen LogP contribution in [-0.4, -0.2) is 37.9 Å². The Bertz CT molecular complexity index is 1070. The zero-order valence-electron chi connectivity index (χ0n) is 14.2. The predicted octanol–water partition coefficient (Wildman–Crippen LogP) is 3.13. The van der Waals surface area contributed by atoms with Crippen LogP contribution in [0.5, 0.6) is 0 Å². The second kappa shape index (κ2) is 6.31. The van der Waals surface area contributed by atoms with E-state index < -0.39 is 0 Å². The maximum absolute atomic E-state index is 5.60. The summed E-state index contributed by atoms with van der Waals surface area (Å²) in [5.74, 6) is 1.85. The highest BCUT2D eigenvalue weighted by molar-refractivity contribution is 5.95. The van der Waals surface area contributed by atoms with Crippen molar-refractivity contribution in [1.82, 2.24) is 24.7 Å². The van der Waals surface area contributed by atoms with Gasteiger partial charge in [-0.25, -0.2) is 4.98 Å². The largest absolute Gasteiger partial charge is 0.379 e. The third-order valence-corrected chi connectivity index (χ3v) is 4.69. The van der Waals surface area contributed by atoms with Gasteiger partial charge in [-0.2, -0.15) is 0 Å². The van der Waals surface area contributed by atoms with Gasteiger partial charge in [0.05, 0.1) is 24.4 Å². The number of fused-ring (bicyclic) bond motifs is 2. The quantitative estimate of drug-likeness (QED) is 0.559. The fourth-order valence-corrected chi connectivity index (χ4v) is 3.41. The molecule has 1 aliphatic rings. The molecule has 0 spiro atoms. The van der Waals surface area contributed by atoms with Crippen LogP contribution in [0.1, 0.15) is 5.82 Å². The number of hydrogen-bond donors (Lipinski definition) is 0. The SMILES string of the molecule is c1ccc2c(-c3nnc4n3CCOCC4)cc(-c3ccncc3)nc2c1. The van der Waals surface area contributed by atoms with E-state index in [1.54, 1.807) is 12.4 Å². The van der Waals surface area contributed by atoms with Crippen molar-refractivity contribution in [2.75, 3.05) is 13.2 Å². The van der Waals surface area contributed by atoms with Crippen molar-refractivity contribution in [3.63, 3.8) is 0 Å². The lowest BCUT2D eigenvalue weighted by atomic mass is 10.0. The normalized spacial score (nSPS) is 14.2. The highest BCUT2D eigenvalue weighted by Crippen LogP contribution is 2.31. The van der Waals surface area contributed by atoms with Gasteiger partial charge in [-0.15, -0.1) is 10.2 Å². The van der Waals surface area contributed by atoms with E-state index in [1.807, 2.05) is 30.3 Å². The topological polar surface area (TPSA) is 65.7 Å². The standard InChI is InChI=1S/C20H17N5O/c1-2-4-17-15(3-1)16(13-18(22-17)14-5-8-21-9-6-14)20-24-23-19-7-11-26-12-10-25(19)20/h1-6,8-9,13H,7,10-12H2. The molecule has 0 aliphatic carbocycles. The molecule has 1 aliphatic heterocycles. The molecule has 0 bridgehead atoms. The van der Waals surface area contributed by atoms with Gasteiger partial charge >= 0.3 is 0 Å². The Morgan fingerprint density at radius 1 is 0.962 bits per heavy atom. The predicted molar refractivity (Wildman–Crippen MR) is 98.5 cm³/mol. The van der Waals surface area contributed by atoms with Gasteiger partial charge in [0.25, 0.3) is 0 Å². The molecule has 3 aromatic heterocycles. The summed E-state index contributed by atoms with van der Waals surface area (Å²) < 4.78 is 7.77. The number of pyridine rings is 2. The molecule has 0 saturated carbocycles. The van der Waals surface area contributed by atoms with Crippen molar-refractivity contribution >= 4 is 10.9 Å². The molecular weight excluding hydrogens is 326 g/mol. The Hall–Kier alpha value is -3.12. The first-order valence-electron chi connectivity index (χ1n) is 8.70. The van der Waals surface area contributed by atoms with E-state index in [0.717, 1.165) is 52.3 Å². The number of ether oxygens (including phenoxy) is 1. The molecule has 4 aromatic rings. The van der Waals surface area contributed by atoms with Crippen molar-refractivity contribution in [2.45, 2.75) is 13.0 Å². The fraction of sp³-hybridized carbons (Fsp3) is 0.200. The molecule has 6 nitrogen and oxygen atoms in total. The average molecular weight is 343 g/mol. The van der Waals surface area contributed by atoms with Crippen molar-refractivity contribution in [3.8, 4) is 22.6 Å². The zero-order valence-corrected chi connectivity index (χ0v) is 14.2. The maximum Gasteiger partial charge on any atom is 0.164 e. The van der Waals surface area contributed by atoms with Crippen LogP contribution in [0, 0.1) is 0 Å². The van der Waals surface area contributed by atoms with Gasteiger partial charge in [-0.3, -0.25) is 4.98 Å². The molecule has 5 rings (SSSR count). The minimum Gasteiger partial charge on any atom is -0.379 e. The van der Waals surface area contributed by atoms with Gasteiger partial charge in [-0.1, -0.05) is 18.2 Å². The van der Waals surface area contributed by atoms with E-state index in [4.69, 9.17) is 9.72 Å². The van der Waals surface area contributed by atoms with E-state index in [0.29, 0.717) is 13.2 Å². The van der Waals surface area contributed by atoms with Crippen molar-refractivity contribution in [1.29, 1.82) is 0 Å². The van der Waals surface area contributed by atoms with Crippen molar-refractivity contribution in [2.24, 2.45) is 0 Å². The smallest absolute Gasteiger partial charge is 0.164 e. The van der Waals surface area contributed by atoms with E-state index in [1.165, 1.54) is 0 Å². The number of nitrogens with zero attached hydrogens (tertiary/aromatic N) is 5. The molecule has 0 N–H and O–H groups in total. The van der Waals surface area contributed by atoms with Crippen LogP contribution >= 0.6 is 0 Å². The van der Waals surface area contributed by atoms with Gasteiger partial charge in [-0.05, 0) is 24.3 Å². The van der Waals surface area contributed by atoms with E-state index >= 15 is 0 Å². The molecule has 0 saturated heterocycles. The number of para-hydroxylation sites is 1. The van der Waals surface area contributed by atoms with Gasteiger partial charge in [0.15, 0.2) is 5.82 Å². The molecular formula is C20H17N5O. The lowest BCUT2D eigenvalue weighted by molar-refractivity contribution is 0.140. The van der Waals surface area contributed by atoms with Crippen LogP contribution in [0.4, 0.5) is 0 Å². The fourth-order valence-electron chi connectivity index (χ4n) is 3.41. The lowest BCUT2D eigenvalue weighted by Gasteiger charge is -2.11. The number of benzene rings is 1. The van der Waals surface area contributed by atoms with Gasteiger partial charge in [0, 0.05) is 41.9 Å². The first-order chi connectivity index (χ1) is 12.9. The number of rotatable bonds is 2. The summed E-state index contributed by atoms with van der Waals surface area (Å²) in [5, 5.41) is 9.99. The van der Waals surface area contributed by atoms with Crippen LogP contribution in [0.2, 0.25) is 0 Å². The van der Waals surface area contributed by atoms with E-state index in [-0.39, 0.29) is 0 Å². The van der Waals surface area contributed by atoms with Crippen molar-refractivity contribution in [3.05, 3.63) is 60.7 Å². The van der Waals surface area contributed by atoms with Crippen LogP contribution in [-0.2, 0) is 17.7 Å². The second-order valence-electron chi connectivity index (χ2n) is 6.26. The summed E-state index contributed by atoms with van der Waals surface area (Å²) in [6.45, 7) is 2.13. The van der Waals surface area contributed by atoms with Crippen molar-refractivity contribution < 1.29 is 4.74 Å². The molecule has 4 heterocycles. The number of hydrogen-bond acceptors (Lipinski definition) is 5. The Kier molecular flexibility index (Phi) is 3.68. The highest BCUT2D eigenvalue weighted by Gasteiger charge is 2.19. The minimum absolute atomic E-state index is 0.679. The second-order valence-corrected chi connectivity index (χ2v) is 6.26. The maximum atomic E-state index is 5.60. The van der Waals surface area contributed by atoms with Crippen LogP contribution in [0.25, 0.3) is 33.5 Å². The summed E-state index contributed by atoms with van der Waals surface area (Å²) in [5.41, 5.74) is 3.93. The molecule has 0 radical (unpaired) electrons. The van der Waals surface area contributed by atoms with Crippen LogP contribution in [0.15, 0.2) is 54.9 Å². The molecule has 0 unspecified atom stereocenters. The monoisotopic (exact) mass is 343 g/mol. The van der Waals surface area contributed by atoms with Gasteiger partial charge in [0.2, 0.25) is 0 Å². The molecule has 0 atom stereocenters. The zero-order chi connectivity index (χ0) is 17.3. The first-order valence-corrected chi connectivity index (χ1v) is 8.70. The molecule has 6 heteroatoms. The first kappa shape index (κ1) is 15.2.